The zero-order valence-corrected chi connectivity index (χ0v) is 10.4. The predicted octanol–water partition coefficient (Wildman–Crippen LogP) is 1.34. The molecule has 0 spiro atoms. The van der Waals surface area contributed by atoms with Gasteiger partial charge in [-0.05, 0) is 5.56 Å². The molecular weight excluding hydrogens is 224 g/mol. The van der Waals surface area contributed by atoms with Crippen LogP contribution in [0.15, 0.2) is 42.7 Å². The Balaban J connectivity index is 1.78. The van der Waals surface area contributed by atoms with Crippen molar-refractivity contribution in [2.75, 3.05) is 31.1 Å². The predicted molar refractivity (Wildman–Crippen MR) is 72.9 cm³/mol. The average Bonchev–Trinajstić information content (AvgIpc) is 2.89. The first-order chi connectivity index (χ1) is 8.93. The number of rotatable bonds is 3. The van der Waals surface area contributed by atoms with Crippen molar-refractivity contribution < 1.29 is 0 Å². The van der Waals surface area contributed by atoms with Gasteiger partial charge < -0.3 is 14.8 Å². The molecule has 0 radical (unpaired) electrons. The molecule has 0 atom stereocenters. The van der Waals surface area contributed by atoms with Gasteiger partial charge >= 0.3 is 0 Å². The van der Waals surface area contributed by atoms with Crippen molar-refractivity contribution in [2.24, 2.45) is 0 Å². The molecule has 1 saturated heterocycles. The Labute approximate surface area is 107 Å². The Bertz CT molecular complexity index is 486. The largest absolute Gasteiger partial charge is 0.340 e. The zero-order chi connectivity index (χ0) is 12.2. The molecule has 4 heteroatoms. The van der Waals surface area contributed by atoms with Crippen LogP contribution in [0.2, 0.25) is 0 Å². The Kier molecular flexibility index (Phi) is 3.28. The molecule has 0 saturated carbocycles. The van der Waals surface area contributed by atoms with Crippen molar-refractivity contribution in [1.82, 2.24) is 14.9 Å². The number of nitrogens with zero attached hydrogens (tertiary/aromatic N) is 3. The van der Waals surface area contributed by atoms with Crippen LogP contribution in [0.25, 0.3) is 0 Å². The summed E-state index contributed by atoms with van der Waals surface area (Å²) in [5.74, 6) is 1.08. The van der Waals surface area contributed by atoms with Gasteiger partial charge in [-0.1, -0.05) is 30.3 Å². The van der Waals surface area contributed by atoms with Gasteiger partial charge in [0.15, 0.2) is 0 Å². The summed E-state index contributed by atoms with van der Waals surface area (Å²) in [4.78, 5) is 6.84. The van der Waals surface area contributed by atoms with Crippen LogP contribution in [-0.2, 0) is 6.54 Å². The van der Waals surface area contributed by atoms with Crippen molar-refractivity contribution in [3.63, 3.8) is 0 Å². The Morgan fingerprint density at radius 3 is 2.67 bits per heavy atom. The molecule has 1 fully saturated rings. The van der Waals surface area contributed by atoms with Gasteiger partial charge in [0, 0.05) is 38.6 Å². The maximum atomic E-state index is 4.50. The van der Waals surface area contributed by atoms with E-state index in [-0.39, 0.29) is 0 Å². The lowest BCUT2D eigenvalue weighted by Crippen LogP contribution is -2.44. The summed E-state index contributed by atoms with van der Waals surface area (Å²) >= 11 is 0. The van der Waals surface area contributed by atoms with E-state index in [1.54, 1.807) is 0 Å². The maximum Gasteiger partial charge on any atom is 0.205 e. The number of aromatic nitrogens is 2. The number of imidazole rings is 1. The van der Waals surface area contributed by atoms with Gasteiger partial charge in [0.2, 0.25) is 5.95 Å². The summed E-state index contributed by atoms with van der Waals surface area (Å²) < 4.78 is 2.22. The molecule has 0 unspecified atom stereocenters. The Morgan fingerprint density at radius 2 is 1.89 bits per heavy atom. The van der Waals surface area contributed by atoms with Crippen molar-refractivity contribution in [3.05, 3.63) is 48.3 Å². The van der Waals surface area contributed by atoms with Gasteiger partial charge in [-0.15, -0.1) is 0 Å². The van der Waals surface area contributed by atoms with Crippen LogP contribution >= 0.6 is 0 Å². The SMILES string of the molecule is c1ccc(Cn2ccnc2N2CCNCC2)cc1. The van der Waals surface area contributed by atoms with E-state index in [9.17, 15) is 0 Å². The van der Waals surface area contributed by atoms with Crippen LogP contribution in [0.5, 0.6) is 0 Å². The summed E-state index contributed by atoms with van der Waals surface area (Å²) in [5.41, 5.74) is 1.31. The molecule has 0 bridgehead atoms. The van der Waals surface area contributed by atoms with Crippen LogP contribution in [0.4, 0.5) is 5.95 Å². The average molecular weight is 242 g/mol. The molecule has 1 aliphatic heterocycles. The minimum Gasteiger partial charge on any atom is -0.340 e. The highest BCUT2D eigenvalue weighted by atomic mass is 15.3. The molecule has 1 aromatic heterocycles. The van der Waals surface area contributed by atoms with Crippen molar-refractivity contribution in [1.29, 1.82) is 0 Å². The first kappa shape index (κ1) is 11.3. The monoisotopic (exact) mass is 242 g/mol. The Morgan fingerprint density at radius 1 is 1.11 bits per heavy atom. The maximum absolute atomic E-state index is 4.50. The van der Waals surface area contributed by atoms with Gasteiger partial charge in [-0.3, -0.25) is 0 Å². The standard InChI is InChI=1S/C14H18N4/c1-2-4-13(5-3-1)12-18-11-8-16-14(18)17-9-6-15-7-10-17/h1-5,8,11,15H,6-7,9-10,12H2. The van der Waals surface area contributed by atoms with Gasteiger partial charge in [0.05, 0.1) is 6.54 Å². The van der Waals surface area contributed by atoms with E-state index in [2.05, 4.69) is 56.3 Å². The number of anilines is 1. The van der Waals surface area contributed by atoms with Gasteiger partial charge in [0.1, 0.15) is 0 Å². The topological polar surface area (TPSA) is 33.1 Å². The Hall–Kier alpha value is -1.81. The van der Waals surface area contributed by atoms with Crippen LogP contribution in [0, 0.1) is 0 Å². The highest BCUT2D eigenvalue weighted by Gasteiger charge is 2.15. The summed E-state index contributed by atoms with van der Waals surface area (Å²) in [6.07, 6.45) is 3.95. The lowest BCUT2D eigenvalue weighted by Gasteiger charge is -2.28. The number of hydrogen-bond acceptors (Lipinski definition) is 3. The second-order valence-electron chi connectivity index (χ2n) is 4.58. The first-order valence-corrected chi connectivity index (χ1v) is 6.44. The van der Waals surface area contributed by atoms with Crippen LogP contribution < -0.4 is 10.2 Å². The highest BCUT2D eigenvalue weighted by Crippen LogP contribution is 2.14. The van der Waals surface area contributed by atoms with E-state index < -0.39 is 0 Å². The van der Waals surface area contributed by atoms with E-state index >= 15 is 0 Å². The molecule has 1 N–H and O–H groups in total. The number of piperazine rings is 1. The zero-order valence-electron chi connectivity index (χ0n) is 10.4. The summed E-state index contributed by atoms with van der Waals surface area (Å²) in [6.45, 7) is 5.04. The molecule has 1 aromatic carbocycles. The molecule has 18 heavy (non-hydrogen) atoms. The first-order valence-electron chi connectivity index (χ1n) is 6.44. The van der Waals surface area contributed by atoms with E-state index in [0.717, 1.165) is 38.7 Å². The smallest absolute Gasteiger partial charge is 0.205 e. The number of hydrogen-bond donors (Lipinski definition) is 1. The molecule has 4 nitrogen and oxygen atoms in total. The summed E-state index contributed by atoms with van der Waals surface area (Å²) in [5, 5.41) is 3.37. The molecule has 0 aliphatic carbocycles. The number of benzene rings is 1. The molecule has 2 aromatic rings. The minimum absolute atomic E-state index is 0.889. The fourth-order valence-corrected chi connectivity index (χ4v) is 2.35. The minimum atomic E-state index is 0.889. The van der Waals surface area contributed by atoms with Crippen LogP contribution in [0.1, 0.15) is 5.56 Å². The molecular formula is C14H18N4. The third-order valence-electron chi connectivity index (χ3n) is 3.29. The normalized spacial score (nSPS) is 15.9. The lowest BCUT2D eigenvalue weighted by molar-refractivity contribution is 0.570. The van der Waals surface area contributed by atoms with Crippen LogP contribution in [-0.4, -0.2) is 35.7 Å². The van der Waals surface area contributed by atoms with Gasteiger partial charge in [0.25, 0.3) is 0 Å². The molecule has 94 valence electrons. The second kappa shape index (κ2) is 5.23. The third kappa shape index (κ3) is 2.38. The highest BCUT2D eigenvalue weighted by molar-refractivity contribution is 5.33. The van der Waals surface area contributed by atoms with E-state index in [1.165, 1.54) is 5.56 Å². The number of nitrogens with one attached hydrogen (secondary N) is 1. The molecule has 3 rings (SSSR count). The second-order valence-corrected chi connectivity index (χ2v) is 4.58. The fraction of sp³-hybridized carbons (Fsp3) is 0.357. The third-order valence-corrected chi connectivity index (χ3v) is 3.29. The van der Waals surface area contributed by atoms with Crippen molar-refractivity contribution >= 4 is 5.95 Å². The van der Waals surface area contributed by atoms with Crippen molar-refractivity contribution in [2.45, 2.75) is 6.54 Å². The summed E-state index contributed by atoms with van der Waals surface area (Å²) in [6, 6.07) is 10.5. The van der Waals surface area contributed by atoms with Gasteiger partial charge in [-0.2, -0.15) is 0 Å². The van der Waals surface area contributed by atoms with Crippen LogP contribution in [0.3, 0.4) is 0 Å². The fourth-order valence-electron chi connectivity index (χ4n) is 2.35. The van der Waals surface area contributed by atoms with Gasteiger partial charge in [-0.25, -0.2) is 4.98 Å². The summed E-state index contributed by atoms with van der Waals surface area (Å²) in [7, 11) is 0. The van der Waals surface area contributed by atoms with E-state index in [1.807, 2.05) is 6.20 Å². The lowest BCUT2D eigenvalue weighted by atomic mass is 10.2. The molecule has 0 amide bonds. The molecule has 2 heterocycles. The quantitative estimate of drug-likeness (QED) is 0.881. The van der Waals surface area contributed by atoms with E-state index in [0.29, 0.717) is 0 Å². The molecule has 1 aliphatic rings. The van der Waals surface area contributed by atoms with E-state index in [4.69, 9.17) is 0 Å². The van der Waals surface area contributed by atoms with Crippen molar-refractivity contribution in [3.8, 4) is 0 Å².